The third-order valence-electron chi connectivity index (χ3n) is 4.26. The maximum atomic E-state index is 13.0. The molecule has 0 spiro atoms. The Balaban J connectivity index is 1.89. The Morgan fingerprint density at radius 1 is 1.12 bits per heavy atom. The summed E-state index contributed by atoms with van der Waals surface area (Å²) in [5.41, 5.74) is 2.35. The van der Waals surface area contributed by atoms with E-state index in [9.17, 15) is 4.79 Å². The Bertz CT molecular complexity index is 730. The van der Waals surface area contributed by atoms with Crippen molar-refractivity contribution in [3.63, 3.8) is 0 Å². The molecule has 5 heteroatoms. The zero-order valence-corrected chi connectivity index (χ0v) is 14.3. The van der Waals surface area contributed by atoms with Crippen LogP contribution in [-0.2, 0) is 0 Å². The number of carbonyl (C=O) groups excluding carboxylic acids is 1. The Hall–Kier alpha value is -2.43. The van der Waals surface area contributed by atoms with E-state index in [1.165, 1.54) is 25.5 Å². The Morgan fingerprint density at radius 3 is 2.79 bits per heavy atom. The van der Waals surface area contributed by atoms with Gasteiger partial charge in [0.25, 0.3) is 11.8 Å². The van der Waals surface area contributed by atoms with E-state index in [4.69, 9.17) is 4.74 Å². The number of aryl methyl sites for hydroxylation is 1. The van der Waals surface area contributed by atoms with Crippen LogP contribution in [0, 0.1) is 6.92 Å². The zero-order chi connectivity index (χ0) is 16.9. The van der Waals surface area contributed by atoms with Crippen molar-refractivity contribution in [1.82, 2.24) is 10.2 Å². The summed E-state index contributed by atoms with van der Waals surface area (Å²) in [5.74, 6) is 0.872. The minimum Gasteiger partial charge on any atom is -0.435 e. The largest absolute Gasteiger partial charge is 0.435 e. The summed E-state index contributed by atoms with van der Waals surface area (Å²) in [6.45, 7) is 4.89. The third-order valence-corrected chi connectivity index (χ3v) is 4.26. The summed E-state index contributed by atoms with van der Waals surface area (Å²) in [7, 11) is 0. The van der Waals surface area contributed by atoms with Gasteiger partial charge in [0.05, 0.1) is 11.9 Å². The molecule has 5 nitrogen and oxygen atoms in total. The van der Waals surface area contributed by atoms with Gasteiger partial charge in [-0.3, -0.25) is 4.79 Å². The van der Waals surface area contributed by atoms with Crippen molar-refractivity contribution < 1.29 is 9.53 Å². The van der Waals surface area contributed by atoms with Crippen molar-refractivity contribution in [3.8, 4) is 11.6 Å². The molecule has 0 unspecified atom stereocenters. The molecule has 0 saturated heterocycles. The van der Waals surface area contributed by atoms with Crippen LogP contribution in [0.25, 0.3) is 0 Å². The number of hydrogen-bond acceptors (Lipinski definition) is 4. The highest BCUT2D eigenvalue weighted by Gasteiger charge is 2.28. The minimum absolute atomic E-state index is 0.0713. The molecule has 24 heavy (non-hydrogen) atoms. The highest BCUT2D eigenvalue weighted by Crippen LogP contribution is 2.38. The Labute approximate surface area is 142 Å². The number of fused-ring (bicyclic) bond motifs is 2. The van der Waals surface area contributed by atoms with Gasteiger partial charge in [0.15, 0.2) is 5.75 Å². The summed E-state index contributed by atoms with van der Waals surface area (Å²) in [5, 5.41) is 7.84. The van der Waals surface area contributed by atoms with E-state index in [2.05, 4.69) is 17.1 Å². The first kappa shape index (κ1) is 16.4. The van der Waals surface area contributed by atoms with Gasteiger partial charge >= 0.3 is 0 Å². The fraction of sp³-hybridized carbons (Fsp3) is 0.421. The third kappa shape index (κ3) is 3.40. The van der Waals surface area contributed by atoms with E-state index in [0.29, 0.717) is 17.9 Å². The second kappa shape index (κ2) is 7.43. The number of aromatic nitrogens is 2. The summed E-state index contributed by atoms with van der Waals surface area (Å²) >= 11 is 0. The van der Waals surface area contributed by atoms with Gasteiger partial charge in [-0.2, -0.15) is 5.10 Å². The van der Waals surface area contributed by atoms with Crippen molar-refractivity contribution >= 4 is 11.6 Å². The molecule has 1 aliphatic rings. The van der Waals surface area contributed by atoms with Crippen LogP contribution in [0.1, 0.15) is 54.9 Å². The number of amides is 1. The number of carbonyl (C=O) groups is 1. The lowest BCUT2D eigenvalue weighted by Gasteiger charge is -2.22. The molecule has 0 fully saturated rings. The fourth-order valence-corrected chi connectivity index (χ4v) is 2.94. The highest BCUT2D eigenvalue weighted by atomic mass is 16.5. The van der Waals surface area contributed by atoms with Gasteiger partial charge < -0.3 is 9.64 Å². The van der Waals surface area contributed by atoms with Crippen LogP contribution < -0.4 is 9.64 Å². The SMILES string of the molecule is CCCCCCCN1C(=O)c2ccnnc2Oc2cc(C)ccc21. The van der Waals surface area contributed by atoms with E-state index < -0.39 is 0 Å². The van der Waals surface area contributed by atoms with E-state index in [-0.39, 0.29) is 11.8 Å². The molecule has 0 aliphatic carbocycles. The fourth-order valence-electron chi connectivity index (χ4n) is 2.94. The van der Waals surface area contributed by atoms with Gasteiger partial charge in [-0.15, -0.1) is 5.10 Å². The van der Waals surface area contributed by atoms with Crippen LogP contribution in [0.15, 0.2) is 30.5 Å². The van der Waals surface area contributed by atoms with Gasteiger partial charge in [0, 0.05) is 6.54 Å². The van der Waals surface area contributed by atoms with Gasteiger partial charge in [-0.1, -0.05) is 38.7 Å². The van der Waals surface area contributed by atoms with Crippen LogP contribution in [0.2, 0.25) is 0 Å². The molecular formula is C19H23N3O2. The van der Waals surface area contributed by atoms with Gasteiger partial charge in [0.2, 0.25) is 0 Å². The summed E-state index contributed by atoms with van der Waals surface area (Å²) in [6.07, 6.45) is 7.29. The van der Waals surface area contributed by atoms with Gasteiger partial charge in [0.1, 0.15) is 5.56 Å². The van der Waals surface area contributed by atoms with E-state index in [0.717, 1.165) is 24.1 Å². The molecule has 1 aromatic heterocycles. The number of unbranched alkanes of at least 4 members (excludes halogenated alkanes) is 4. The summed E-state index contributed by atoms with van der Waals surface area (Å²) in [4.78, 5) is 14.8. The molecule has 0 bridgehead atoms. The molecule has 3 rings (SSSR count). The normalized spacial score (nSPS) is 13.1. The maximum Gasteiger partial charge on any atom is 0.264 e. The molecule has 1 aliphatic heterocycles. The minimum atomic E-state index is -0.0713. The number of anilines is 1. The number of benzene rings is 1. The van der Waals surface area contributed by atoms with Crippen molar-refractivity contribution in [2.24, 2.45) is 0 Å². The first-order valence-electron chi connectivity index (χ1n) is 8.62. The van der Waals surface area contributed by atoms with Gasteiger partial charge in [-0.05, 0) is 37.1 Å². The standard InChI is InChI=1S/C19H23N3O2/c1-3-4-5-6-7-12-22-16-9-8-14(2)13-17(16)24-18-15(19(22)23)10-11-20-21-18/h8-11,13H,3-7,12H2,1-2H3. The lowest BCUT2D eigenvalue weighted by molar-refractivity contribution is 0.0986. The van der Waals surface area contributed by atoms with Crippen LogP contribution in [0.4, 0.5) is 5.69 Å². The second-order valence-corrected chi connectivity index (χ2v) is 6.19. The monoisotopic (exact) mass is 325 g/mol. The molecule has 0 atom stereocenters. The average Bonchev–Trinajstić information content (AvgIpc) is 2.69. The summed E-state index contributed by atoms with van der Waals surface area (Å²) < 4.78 is 5.89. The quantitative estimate of drug-likeness (QED) is 0.733. The van der Waals surface area contributed by atoms with Crippen LogP contribution >= 0.6 is 0 Å². The molecular weight excluding hydrogens is 302 g/mol. The van der Waals surface area contributed by atoms with E-state index in [1.54, 1.807) is 6.07 Å². The van der Waals surface area contributed by atoms with Crippen LogP contribution in [-0.4, -0.2) is 22.6 Å². The van der Waals surface area contributed by atoms with E-state index >= 15 is 0 Å². The predicted molar refractivity (Wildman–Crippen MR) is 93.7 cm³/mol. The Morgan fingerprint density at radius 2 is 1.96 bits per heavy atom. The number of rotatable bonds is 6. The van der Waals surface area contributed by atoms with Crippen molar-refractivity contribution in [3.05, 3.63) is 41.6 Å². The first-order valence-corrected chi connectivity index (χ1v) is 8.62. The first-order chi connectivity index (χ1) is 11.7. The molecule has 2 heterocycles. The number of hydrogen-bond donors (Lipinski definition) is 0. The Kier molecular flexibility index (Phi) is 5.08. The topological polar surface area (TPSA) is 55.3 Å². The van der Waals surface area contributed by atoms with E-state index in [1.807, 2.05) is 30.0 Å². The van der Waals surface area contributed by atoms with Crippen molar-refractivity contribution in [1.29, 1.82) is 0 Å². The molecule has 2 aromatic rings. The lowest BCUT2D eigenvalue weighted by Crippen LogP contribution is -2.31. The zero-order valence-electron chi connectivity index (χ0n) is 14.3. The van der Waals surface area contributed by atoms with Gasteiger partial charge in [-0.25, -0.2) is 0 Å². The summed E-state index contributed by atoms with van der Waals surface area (Å²) in [6, 6.07) is 7.57. The number of nitrogens with zero attached hydrogens (tertiary/aromatic N) is 3. The molecule has 126 valence electrons. The number of ether oxygens (including phenoxy) is 1. The highest BCUT2D eigenvalue weighted by molar-refractivity contribution is 6.09. The lowest BCUT2D eigenvalue weighted by atomic mass is 10.1. The molecule has 0 radical (unpaired) electrons. The van der Waals surface area contributed by atoms with Crippen LogP contribution in [0.5, 0.6) is 11.6 Å². The van der Waals surface area contributed by atoms with Crippen LogP contribution in [0.3, 0.4) is 0 Å². The van der Waals surface area contributed by atoms with Crippen molar-refractivity contribution in [2.75, 3.05) is 11.4 Å². The average molecular weight is 325 g/mol. The smallest absolute Gasteiger partial charge is 0.264 e. The molecule has 1 amide bonds. The predicted octanol–water partition coefficient (Wildman–Crippen LogP) is 4.51. The molecule has 1 aromatic carbocycles. The molecule has 0 N–H and O–H groups in total. The second-order valence-electron chi connectivity index (χ2n) is 6.19. The van der Waals surface area contributed by atoms with Crippen molar-refractivity contribution in [2.45, 2.75) is 46.0 Å². The molecule has 0 saturated carbocycles. The maximum absolute atomic E-state index is 13.0.